The lowest BCUT2D eigenvalue weighted by atomic mass is 9.88. The summed E-state index contributed by atoms with van der Waals surface area (Å²) in [6, 6.07) is 14.7. The second-order valence-corrected chi connectivity index (χ2v) is 7.87. The van der Waals surface area contributed by atoms with E-state index in [0.29, 0.717) is 38.2 Å². The SMILES string of the molecule is O=C(Nc1ccccc1)[C@@H]1Cn2ccnc2C2(CCN(C(=O)c3ccccn3)CC2)O1. The first-order chi connectivity index (χ1) is 15.1. The van der Waals surface area contributed by atoms with Crippen molar-refractivity contribution < 1.29 is 14.3 Å². The molecule has 2 aromatic heterocycles. The summed E-state index contributed by atoms with van der Waals surface area (Å²) in [7, 11) is 0. The molecule has 8 nitrogen and oxygen atoms in total. The maximum absolute atomic E-state index is 12.9. The van der Waals surface area contributed by atoms with Crippen LogP contribution >= 0.6 is 0 Å². The van der Waals surface area contributed by atoms with Gasteiger partial charge in [-0.1, -0.05) is 24.3 Å². The first kappa shape index (κ1) is 19.4. The number of aromatic nitrogens is 3. The number of carbonyl (C=O) groups is 2. The average molecular weight is 417 g/mol. The number of anilines is 1. The number of fused-ring (bicyclic) bond motifs is 2. The first-order valence-corrected chi connectivity index (χ1v) is 10.4. The van der Waals surface area contributed by atoms with Crippen molar-refractivity contribution in [1.29, 1.82) is 0 Å². The van der Waals surface area contributed by atoms with Gasteiger partial charge in [0.25, 0.3) is 11.8 Å². The Labute approximate surface area is 179 Å². The van der Waals surface area contributed by atoms with Crippen molar-refractivity contribution in [2.45, 2.75) is 31.1 Å². The third-order valence-electron chi connectivity index (χ3n) is 5.93. The zero-order valence-electron chi connectivity index (χ0n) is 17.0. The number of amides is 2. The summed E-state index contributed by atoms with van der Waals surface area (Å²) >= 11 is 0. The minimum Gasteiger partial charge on any atom is -0.352 e. The van der Waals surface area contributed by atoms with Crippen LogP contribution in [-0.2, 0) is 21.7 Å². The highest BCUT2D eigenvalue weighted by molar-refractivity contribution is 5.94. The van der Waals surface area contributed by atoms with E-state index < -0.39 is 11.7 Å². The Bertz CT molecular complexity index is 1070. The Kier molecular flexibility index (Phi) is 4.99. The van der Waals surface area contributed by atoms with Crippen molar-refractivity contribution in [2.24, 2.45) is 0 Å². The molecular formula is C23H23N5O3. The molecule has 1 fully saturated rings. The summed E-state index contributed by atoms with van der Waals surface area (Å²) in [4.78, 5) is 36.2. The Morgan fingerprint density at radius 3 is 2.52 bits per heavy atom. The normalized spacial score (nSPS) is 19.6. The molecule has 8 heteroatoms. The number of para-hydroxylation sites is 1. The van der Waals surface area contributed by atoms with E-state index in [1.165, 1.54) is 0 Å². The molecule has 0 saturated carbocycles. The van der Waals surface area contributed by atoms with Crippen molar-refractivity contribution in [3.8, 4) is 0 Å². The van der Waals surface area contributed by atoms with Crippen LogP contribution in [0.15, 0.2) is 67.1 Å². The molecule has 1 spiro atoms. The summed E-state index contributed by atoms with van der Waals surface area (Å²) in [6.45, 7) is 1.43. The van der Waals surface area contributed by atoms with Crippen LogP contribution in [0.4, 0.5) is 5.69 Å². The standard InChI is InChI=1S/C23H23N5O3/c29-20(26-17-6-2-1-3-7-17)19-16-28-15-12-25-22(28)23(31-19)9-13-27(14-10-23)21(30)18-8-4-5-11-24-18/h1-8,11-12,15,19H,9-10,13-14,16H2,(H,26,29)/t19-/m0/s1. The number of piperidine rings is 1. The number of carbonyl (C=O) groups excluding carboxylic acids is 2. The van der Waals surface area contributed by atoms with E-state index >= 15 is 0 Å². The quantitative estimate of drug-likeness (QED) is 0.707. The number of nitrogens with one attached hydrogen (secondary N) is 1. The molecule has 4 heterocycles. The number of benzene rings is 1. The third-order valence-corrected chi connectivity index (χ3v) is 5.93. The topological polar surface area (TPSA) is 89.4 Å². The van der Waals surface area contributed by atoms with Crippen LogP contribution in [0.25, 0.3) is 0 Å². The van der Waals surface area contributed by atoms with Gasteiger partial charge >= 0.3 is 0 Å². The van der Waals surface area contributed by atoms with E-state index in [1.54, 1.807) is 29.4 Å². The molecule has 1 aromatic carbocycles. The molecule has 31 heavy (non-hydrogen) atoms. The first-order valence-electron chi connectivity index (χ1n) is 10.4. The van der Waals surface area contributed by atoms with Gasteiger partial charge in [-0.25, -0.2) is 4.98 Å². The highest BCUT2D eigenvalue weighted by Crippen LogP contribution is 2.40. The number of rotatable bonds is 3. The third kappa shape index (κ3) is 3.70. The maximum atomic E-state index is 12.9. The summed E-state index contributed by atoms with van der Waals surface area (Å²) < 4.78 is 8.41. The molecule has 3 aromatic rings. The number of likely N-dealkylation sites (tertiary alicyclic amines) is 1. The predicted molar refractivity (Wildman–Crippen MR) is 113 cm³/mol. The van der Waals surface area contributed by atoms with Crippen molar-refractivity contribution in [1.82, 2.24) is 19.4 Å². The highest BCUT2D eigenvalue weighted by atomic mass is 16.5. The molecule has 0 aliphatic carbocycles. The van der Waals surface area contributed by atoms with Crippen LogP contribution < -0.4 is 5.32 Å². The van der Waals surface area contributed by atoms with Gasteiger partial charge in [0.15, 0.2) is 6.10 Å². The smallest absolute Gasteiger partial charge is 0.272 e. The molecule has 2 amide bonds. The van der Waals surface area contributed by atoms with E-state index in [0.717, 1.165) is 11.5 Å². The molecule has 158 valence electrons. The number of imidazole rings is 1. The fourth-order valence-corrected chi connectivity index (χ4v) is 4.34. The molecule has 5 rings (SSSR count). The summed E-state index contributed by atoms with van der Waals surface area (Å²) in [5.74, 6) is 0.547. The number of nitrogens with zero attached hydrogens (tertiary/aromatic N) is 4. The van der Waals surface area contributed by atoms with Crippen LogP contribution in [0.5, 0.6) is 0 Å². The van der Waals surface area contributed by atoms with E-state index in [2.05, 4.69) is 15.3 Å². The monoisotopic (exact) mass is 417 g/mol. The second-order valence-electron chi connectivity index (χ2n) is 7.87. The molecule has 1 atom stereocenters. The lowest BCUT2D eigenvalue weighted by Gasteiger charge is -2.45. The zero-order chi connectivity index (χ0) is 21.3. The average Bonchev–Trinajstić information content (AvgIpc) is 3.30. The number of pyridine rings is 1. The van der Waals surface area contributed by atoms with Gasteiger partial charge in [-0.05, 0) is 24.3 Å². The van der Waals surface area contributed by atoms with E-state index in [-0.39, 0.29) is 11.8 Å². The summed E-state index contributed by atoms with van der Waals surface area (Å²) in [6.07, 6.45) is 5.74. The number of hydrogen-bond acceptors (Lipinski definition) is 5. The van der Waals surface area contributed by atoms with Gasteiger partial charge in [-0.2, -0.15) is 0 Å². The predicted octanol–water partition coefficient (Wildman–Crippen LogP) is 2.45. The van der Waals surface area contributed by atoms with E-state index in [9.17, 15) is 9.59 Å². The van der Waals surface area contributed by atoms with Crippen LogP contribution in [0.2, 0.25) is 0 Å². The van der Waals surface area contributed by atoms with Crippen LogP contribution in [0.1, 0.15) is 29.2 Å². The number of hydrogen-bond donors (Lipinski definition) is 1. The fourth-order valence-electron chi connectivity index (χ4n) is 4.34. The Morgan fingerprint density at radius 2 is 1.77 bits per heavy atom. The van der Waals surface area contributed by atoms with Gasteiger partial charge in [0.2, 0.25) is 0 Å². The van der Waals surface area contributed by atoms with E-state index in [4.69, 9.17) is 4.74 Å². The van der Waals surface area contributed by atoms with Gasteiger partial charge in [0.05, 0.1) is 6.54 Å². The van der Waals surface area contributed by atoms with Crippen molar-refractivity contribution in [3.05, 3.63) is 78.6 Å². The molecule has 2 aliphatic rings. The molecule has 1 saturated heterocycles. The number of ether oxygens (including phenoxy) is 1. The van der Waals surface area contributed by atoms with Crippen LogP contribution in [0, 0.1) is 0 Å². The Morgan fingerprint density at radius 1 is 1.00 bits per heavy atom. The Balaban J connectivity index is 1.33. The van der Waals surface area contributed by atoms with Crippen molar-refractivity contribution >= 4 is 17.5 Å². The minimum absolute atomic E-state index is 0.0898. The second kappa shape index (κ2) is 7.96. The van der Waals surface area contributed by atoms with Gasteiger partial charge in [-0.3, -0.25) is 14.6 Å². The summed E-state index contributed by atoms with van der Waals surface area (Å²) in [5.41, 5.74) is 0.475. The maximum Gasteiger partial charge on any atom is 0.272 e. The molecule has 0 radical (unpaired) electrons. The van der Waals surface area contributed by atoms with Gasteiger partial charge < -0.3 is 19.5 Å². The van der Waals surface area contributed by atoms with Gasteiger partial charge in [0.1, 0.15) is 17.1 Å². The lowest BCUT2D eigenvalue weighted by molar-refractivity contribution is -0.168. The van der Waals surface area contributed by atoms with Crippen LogP contribution in [-0.4, -0.2) is 50.4 Å². The zero-order valence-corrected chi connectivity index (χ0v) is 17.0. The molecule has 0 unspecified atom stereocenters. The molecule has 2 aliphatic heterocycles. The van der Waals surface area contributed by atoms with E-state index in [1.807, 2.05) is 47.2 Å². The Hall–Kier alpha value is -3.52. The molecule has 0 bridgehead atoms. The van der Waals surface area contributed by atoms with Crippen LogP contribution in [0.3, 0.4) is 0 Å². The van der Waals surface area contributed by atoms with Crippen molar-refractivity contribution in [2.75, 3.05) is 18.4 Å². The lowest BCUT2D eigenvalue weighted by Crippen LogP contribution is -2.54. The highest BCUT2D eigenvalue weighted by Gasteiger charge is 2.47. The summed E-state index contributed by atoms with van der Waals surface area (Å²) in [5, 5.41) is 2.93. The molecular weight excluding hydrogens is 394 g/mol. The minimum atomic E-state index is -0.693. The van der Waals surface area contributed by atoms with Crippen molar-refractivity contribution in [3.63, 3.8) is 0 Å². The van der Waals surface area contributed by atoms with Gasteiger partial charge in [0, 0.05) is 50.2 Å². The largest absolute Gasteiger partial charge is 0.352 e. The fraction of sp³-hybridized carbons (Fsp3) is 0.304. The molecule has 1 N–H and O–H groups in total. The van der Waals surface area contributed by atoms with Gasteiger partial charge in [-0.15, -0.1) is 0 Å².